The van der Waals surface area contributed by atoms with E-state index in [0.29, 0.717) is 20.1 Å². The summed E-state index contributed by atoms with van der Waals surface area (Å²) in [7, 11) is 0. The van der Waals surface area contributed by atoms with Crippen molar-refractivity contribution in [2.75, 3.05) is 49.5 Å². The molecule has 6 nitrogen and oxygen atoms in total. The molecule has 1 saturated heterocycles. The number of aromatic nitrogens is 1. The number of hydrogen-bond donors (Lipinski definition) is 2. The monoisotopic (exact) mass is 516 g/mol. The van der Waals surface area contributed by atoms with Gasteiger partial charge in [0.1, 0.15) is 0 Å². The number of carbonyl (C=O) groups excluding carboxylic acids is 1. The molecular weight excluding hydrogens is 490 g/mol. The number of nitrogens with one attached hydrogen (secondary N) is 1. The second kappa shape index (κ2) is 10.6. The third-order valence-corrected chi connectivity index (χ3v) is 7.74. The molecular formula is C23H26AsFN4O2S. The number of nitrogens with zero attached hydrogens (tertiary/aromatic N) is 3. The van der Waals surface area contributed by atoms with Crippen LogP contribution < -0.4 is 14.7 Å². The number of carbonyl (C=O) groups is 1. The summed E-state index contributed by atoms with van der Waals surface area (Å²) in [5.41, 5.74) is 2.42. The van der Waals surface area contributed by atoms with Gasteiger partial charge in [-0.2, -0.15) is 0 Å². The molecule has 2 N–H and O–H groups in total. The number of rotatable bonds is 8. The number of aliphatic hydroxyl groups excluding tert-OH is 1. The molecule has 4 rings (SSSR count). The van der Waals surface area contributed by atoms with Crippen LogP contribution in [0.25, 0.3) is 0 Å². The van der Waals surface area contributed by atoms with Crippen LogP contribution in [-0.2, 0) is 0 Å². The van der Waals surface area contributed by atoms with Crippen LogP contribution in [0.5, 0.6) is 0 Å². The Morgan fingerprint density at radius 1 is 1.16 bits per heavy atom. The Kier molecular flexibility index (Phi) is 7.58. The first-order valence-corrected chi connectivity index (χ1v) is 12.6. The number of hydrogen-bond acceptors (Lipinski definition) is 7. The predicted molar refractivity (Wildman–Crippen MR) is 130 cm³/mol. The van der Waals surface area contributed by atoms with Crippen molar-refractivity contribution in [3.05, 3.63) is 64.8 Å². The van der Waals surface area contributed by atoms with E-state index in [2.05, 4.69) is 32.2 Å². The van der Waals surface area contributed by atoms with Crippen LogP contribution in [0.4, 0.5) is 20.9 Å². The predicted octanol–water partition coefficient (Wildman–Crippen LogP) is 2.02. The van der Waals surface area contributed by atoms with Crippen molar-refractivity contribution in [3.8, 4) is 0 Å². The summed E-state index contributed by atoms with van der Waals surface area (Å²) in [6, 6.07) is 14.0. The quantitative estimate of drug-likeness (QED) is 0.353. The van der Waals surface area contributed by atoms with Gasteiger partial charge < -0.3 is 5.11 Å². The third kappa shape index (κ3) is 5.56. The van der Waals surface area contributed by atoms with Crippen LogP contribution in [-0.4, -0.2) is 77.0 Å². The number of ketones is 1. The Morgan fingerprint density at radius 2 is 1.91 bits per heavy atom. The maximum atomic E-state index is 13.5. The molecule has 0 bridgehead atoms. The summed E-state index contributed by atoms with van der Waals surface area (Å²) >= 11 is 2.56. The van der Waals surface area contributed by atoms with Gasteiger partial charge in [0.25, 0.3) is 0 Å². The van der Waals surface area contributed by atoms with Crippen LogP contribution in [0.15, 0.2) is 48.5 Å². The standard InChI is InChI=1S/C23H26AsFN4O2S/c24-22-21(20(31)16-3-1-4-17(25)15-16)32-23(27-22)26-18-5-7-19(8-6-18)29-12-10-28(11-13-29)9-2-14-30/h1,3-8,15,30H,2,9-14,24H2,(H,26,27). The molecule has 0 aliphatic carbocycles. The first-order valence-electron chi connectivity index (χ1n) is 10.6. The van der Waals surface area contributed by atoms with E-state index in [9.17, 15) is 9.18 Å². The molecule has 0 spiro atoms. The molecule has 1 fully saturated rings. The van der Waals surface area contributed by atoms with Crippen molar-refractivity contribution in [2.45, 2.75) is 6.42 Å². The molecule has 2 heterocycles. The zero-order valence-corrected chi connectivity index (χ0v) is 20.9. The van der Waals surface area contributed by atoms with Gasteiger partial charge in [-0.25, -0.2) is 0 Å². The molecule has 2 aromatic carbocycles. The van der Waals surface area contributed by atoms with Crippen molar-refractivity contribution in [1.29, 1.82) is 0 Å². The SMILES string of the molecule is O=C(c1cccc(F)c1)c1sc(Nc2ccc(N3CCN(CCCO)CC3)cc2)nc1[AsH2]. The average molecular weight is 516 g/mol. The van der Waals surface area contributed by atoms with Gasteiger partial charge in [-0.05, 0) is 6.42 Å². The third-order valence-electron chi connectivity index (χ3n) is 5.43. The molecule has 1 atom stereocenters. The molecule has 0 saturated carbocycles. The summed E-state index contributed by atoms with van der Waals surface area (Å²) in [6.45, 7) is 5.14. The minimum atomic E-state index is -0.423. The summed E-state index contributed by atoms with van der Waals surface area (Å²) in [5, 5.41) is 12.9. The molecule has 0 amide bonds. The molecule has 1 unspecified atom stereocenters. The van der Waals surface area contributed by atoms with Crippen LogP contribution in [0.1, 0.15) is 21.7 Å². The van der Waals surface area contributed by atoms with Gasteiger partial charge in [0.15, 0.2) is 0 Å². The molecule has 1 aliphatic rings. The maximum absolute atomic E-state index is 13.5. The summed E-state index contributed by atoms with van der Waals surface area (Å²) in [6.07, 6.45) is 0.827. The number of anilines is 3. The first-order chi connectivity index (χ1) is 15.5. The van der Waals surface area contributed by atoms with Crippen molar-refractivity contribution in [1.82, 2.24) is 9.88 Å². The van der Waals surface area contributed by atoms with E-state index in [4.69, 9.17) is 5.11 Å². The van der Waals surface area contributed by atoms with E-state index in [0.717, 1.165) is 44.8 Å². The Morgan fingerprint density at radius 3 is 2.59 bits per heavy atom. The van der Waals surface area contributed by atoms with Gasteiger partial charge in [0.05, 0.1) is 0 Å². The Labute approximate surface area is 199 Å². The van der Waals surface area contributed by atoms with Crippen molar-refractivity contribution < 1.29 is 14.3 Å². The fourth-order valence-corrected chi connectivity index (χ4v) is 5.69. The molecule has 9 heteroatoms. The van der Waals surface area contributed by atoms with E-state index in [1.165, 1.54) is 46.0 Å². The van der Waals surface area contributed by atoms with E-state index >= 15 is 0 Å². The number of piperazine rings is 1. The fourth-order valence-electron chi connectivity index (χ4n) is 3.71. The normalized spacial score (nSPS) is 14.5. The Bertz CT molecular complexity index is 1070. The van der Waals surface area contributed by atoms with Crippen molar-refractivity contribution in [2.24, 2.45) is 0 Å². The van der Waals surface area contributed by atoms with E-state index < -0.39 is 5.82 Å². The summed E-state index contributed by atoms with van der Waals surface area (Å²) in [4.78, 5) is 22.5. The fraction of sp³-hybridized carbons (Fsp3) is 0.304. The second-order valence-corrected chi connectivity index (χ2v) is 9.80. The van der Waals surface area contributed by atoms with Crippen LogP contribution >= 0.6 is 11.3 Å². The molecule has 3 aromatic rings. The van der Waals surface area contributed by atoms with Gasteiger partial charge >= 0.3 is 175 Å². The van der Waals surface area contributed by atoms with Gasteiger partial charge in [0.2, 0.25) is 0 Å². The number of benzene rings is 2. The van der Waals surface area contributed by atoms with Crippen LogP contribution in [0.2, 0.25) is 0 Å². The first kappa shape index (κ1) is 22.9. The van der Waals surface area contributed by atoms with Gasteiger partial charge in [-0.15, -0.1) is 0 Å². The van der Waals surface area contributed by atoms with Gasteiger partial charge in [-0.3, -0.25) is 0 Å². The topological polar surface area (TPSA) is 68.7 Å². The molecule has 168 valence electrons. The molecule has 0 radical (unpaired) electrons. The zero-order chi connectivity index (χ0) is 22.5. The van der Waals surface area contributed by atoms with Gasteiger partial charge in [0, 0.05) is 13.2 Å². The number of halogens is 1. The average Bonchev–Trinajstić information content (AvgIpc) is 3.18. The Balaban J connectivity index is 1.38. The van der Waals surface area contributed by atoms with Crippen molar-refractivity contribution >= 4 is 55.0 Å². The van der Waals surface area contributed by atoms with Crippen LogP contribution in [0.3, 0.4) is 0 Å². The molecule has 1 aliphatic heterocycles. The Hall–Kier alpha value is -2.25. The molecule has 32 heavy (non-hydrogen) atoms. The zero-order valence-electron chi connectivity index (χ0n) is 17.6. The van der Waals surface area contributed by atoms with E-state index in [1.807, 2.05) is 12.1 Å². The van der Waals surface area contributed by atoms with E-state index in [-0.39, 0.29) is 12.4 Å². The minimum absolute atomic E-state index is 0.206. The van der Waals surface area contributed by atoms with Crippen molar-refractivity contribution in [3.63, 3.8) is 0 Å². The summed E-state index contributed by atoms with van der Waals surface area (Å²) in [5.74, 6) is -0.628. The van der Waals surface area contributed by atoms with Gasteiger partial charge in [-0.1, -0.05) is 0 Å². The van der Waals surface area contributed by atoms with E-state index in [1.54, 1.807) is 12.1 Å². The second-order valence-electron chi connectivity index (χ2n) is 7.65. The number of thiazole rings is 1. The molecule has 1 aromatic heterocycles. The van der Waals surface area contributed by atoms with Crippen LogP contribution in [0, 0.1) is 5.82 Å². The summed E-state index contributed by atoms with van der Waals surface area (Å²) < 4.78 is 14.2. The number of aliphatic hydroxyl groups is 1.